The van der Waals surface area contributed by atoms with Crippen LogP contribution in [0.2, 0.25) is 0 Å². The molecule has 0 radical (unpaired) electrons. The zero-order valence-electron chi connectivity index (χ0n) is 9.29. The molecule has 1 rings (SSSR count). The summed E-state index contributed by atoms with van der Waals surface area (Å²) in [5.74, 6) is -0.0197. The van der Waals surface area contributed by atoms with Gasteiger partial charge in [-0.1, -0.05) is 19.4 Å². The van der Waals surface area contributed by atoms with Gasteiger partial charge in [0, 0.05) is 6.04 Å². The maximum absolute atomic E-state index is 13.5. The molecule has 0 aliphatic heterocycles. The molecule has 0 aliphatic carbocycles. The quantitative estimate of drug-likeness (QED) is 0.760. The Morgan fingerprint density at radius 3 is 2.73 bits per heavy atom. The first-order chi connectivity index (χ1) is 7.15. The molecule has 0 saturated carbocycles. The highest BCUT2D eigenvalue weighted by atomic mass is 19.1. The van der Waals surface area contributed by atoms with Gasteiger partial charge in [0.25, 0.3) is 0 Å². The lowest BCUT2D eigenvalue weighted by atomic mass is 10.1. The molecule has 0 amide bonds. The van der Waals surface area contributed by atoms with Crippen LogP contribution in [0.3, 0.4) is 0 Å². The van der Waals surface area contributed by atoms with Crippen molar-refractivity contribution in [1.82, 2.24) is 0 Å². The van der Waals surface area contributed by atoms with Gasteiger partial charge in [0.15, 0.2) is 11.6 Å². The Morgan fingerprint density at radius 1 is 1.47 bits per heavy atom. The second kappa shape index (κ2) is 5.71. The van der Waals surface area contributed by atoms with Crippen LogP contribution in [-0.4, -0.2) is 6.61 Å². The molecule has 1 atom stereocenters. The molecule has 0 aliphatic rings. The van der Waals surface area contributed by atoms with Crippen molar-refractivity contribution in [2.75, 3.05) is 6.61 Å². The first-order valence-corrected chi connectivity index (χ1v) is 5.33. The number of hydrogen-bond acceptors (Lipinski definition) is 2. The summed E-state index contributed by atoms with van der Waals surface area (Å²) in [5, 5.41) is 0. The van der Waals surface area contributed by atoms with Gasteiger partial charge < -0.3 is 10.5 Å². The summed E-state index contributed by atoms with van der Waals surface area (Å²) in [6, 6.07) is 4.73. The van der Waals surface area contributed by atoms with E-state index in [1.165, 1.54) is 6.07 Å². The van der Waals surface area contributed by atoms with E-state index in [0.717, 1.165) is 18.4 Å². The second-order valence-electron chi connectivity index (χ2n) is 3.68. The van der Waals surface area contributed by atoms with Crippen LogP contribution in [0, 0.1) is 5.82 Å². The van der Waals surface area contributed by atoms with Crippen LogP contribution in [0.15, 0.2) is 18.2 Å². The lowest BCUT2D eigenvalue weighted by molar-refractivity contribution is 0.294. The van der Waals surface area contributed by atoms with E-state index in [1.807, 2.05) is 6.92 Å². The molecule has 15 heavy (non-hydrogen) atoms. The molecule has 1 aromatic rings. The predicted molar refractivity (Wildman–Crippen MR) is 59.4 cm³/mol. The molecule has 2 N–H and O–H groups in total. The molecule has 0 saturated heterocycles. The molecule has 0 aromatic heterocycles. The summed E-state index contributed by atoms with van der Waals surface area (Å²) in [4.78, 5) is 0. The average molecular weight is 211 g/mol. The smallest absolute Gasteiger partial charge is 0.165 e. The fourth-order valence-corrected chi connectivity index (χ4v) is 1.24. The summed E-state index contributed by atoms with van der Waals surface area (Å²) in [7, 11) is 0. The van der Waals surface area contributed by atoms with Gasteiger partial charge in [-0.25, -0.2) is 4.39 Å². The number of unbranched alkanes of at least 4 members (excludes halogenated alkanes) is 1. The van der Waals surface area contributed by atoms with Crippen molar-refractivity contribution < 1.29 is 9.13 Å². The van der Waals surface area contributed by atoms with Gasteiger partial charge in [-0.3, -0.25) is 0 Å². The minimum Gasteiger partial charge on any atom is -0.491 e. The molecule has 3 heteroatoms. The van der Waals surface area contributed by atoms with Crippen LogP contribution < -0.4 is 10.5 Å². The van der Waals surface area contributed by atoms with Crippen molar-refractivity contribution in [2.45, 2.75) is 32.7 Å². The zero-order chi connectivity index (χ0) is 11.3. The van der Waals surface area contributed by atoms with Crippen LogP contribution in [0.5, 0.6) is 5.75 Å². The summed E-state index contributed by atoms with van der Waals surface area (Å²) >= 11 is 0. The Hall–Kier alpha value is -1.09. The van der Waals surface area contributed by atoms with Gasteiger partial charge in [-0.15, -0.1) is 0 Å². The largest absolute Gasteiger partial charge is 0.491 e. The van der Waals surface area contributed by atoms with Gasteiger partial charge in [0.2, 0.25) is 0 Å². The molecule has 0 fully saturated rings. The Balaban J connectivity index is 2.66. The fraction of sp³-hybridized carbons (Fsp3) is 0.500. The van der Waals surface area contributed by atoms with Crippen LogP contribution >= 0.6 is 0 Å². The van der Waals surface area contributed by atoms with Crippen molar-refractivity contribution in [3.63, 3.8) is 0 Å². The third-order valence-corrected chi connectivity index (χ3v) is 2.24. The third-order valence-electron chi connectivity index (χ3n) is 2.24. The summed E-state index contributed by atoms with van der Waals surface area (Å²) in [6.45, 7) is 4.45. The molecule has 1 aromatic carbocycles. The number of rotatable bonds is 5. The Morgan fingerprint density at radius 2 is 2.20 bits per heavy atom. The van der Waals surface area contributed by atoms with E-state index in [9.17, 15) is 4.39 Å². The van der Waals surface area contributed by atoms with E-state index in [2.05, 4.69) is 6.92 Å². The molecule has 1 unspecified atom stereocenters. The lowest BCUT2D eigenvalue weighted by Crippen LogP contribution is -2.06. The second-order valence-corrected chi connectivity index (χ2v) is 3.68. The van der Waals surface area contributed by atoms with Gasteiger partial charge in [0.1, 0.15) is 0 Å². The van der Waals surface area contributed by atoms with Crippen molar-refractivity contribution >= 4 is 0 Å². The summed E-state index contributed by atoms with van der Waals surface area (Å²) in [6.07, 6.45) is 1.98. The molecular formula is C12H18FNO. The first kappa shape index (κ1) is 12.0. The average Bonchev–Trinajstić information content (AvgIpc) is 2.20. The molecule has 2 nitrogen and oxygen atoms in total. The van der Waals surface area contributed by atoms with Crippen molar-refractivity contribution in [3.8, 4) is 5.75 Å². The predicted octanol–water partition coefficient (Wildman–Crippen LogP) is 3.02. The van der Waals surface area contributed by atoms with Gasteiger partial charge >= 0.3 is 0 Å². The summed E-state index contributed by atoms with van der Waals surface area (Å²) in [5.41, 5.74) is 6.43. The topological polar surface area (TPSA) is 35.2 Å². The highest BCUT2D eigenvalue weighted by molar-refractivity contribution is 5.30. The van der Waals surface area contributed by atoms with E-state index >= 15 is 0 Å². The Labute approximate surface area is 90.2 Å². The number of halogens is 1. The highest BCUT2D eigenvalue weighted by Gasteiger charge is 2.06. The molecule has 0 heterocycles. The monoisotopic (exact) mass is 211 g/mol. The van der Waals surface area contributed by atoms with E-state index in [4.69, 9.17) is 10.5 Å². The van der Waals surface area contributed by atoms with Crippen LogP contribution in [0.25, 0.3) is 0 Å². The minimum absolute atomic E-state index is 0.149. The highest BCUT2D eigenvalue weighted by Crippen LogP contribution is 2.21. The maximum Gasteiger partial charge on any atom is 0.165 e. The van der Waals surface area contributed by atoms with E-state index in [1.54, 1.807) is 12.1 Å². The minimum atomic E-state index is -0.332. The third kappa shape index (κ3) is 3.51. The van der Waals surface area contributed by atoms with Gasteiger partial charge in [0.05, 0.1) is 6.61 Å². The molecule has 0 bridgehead atoms. The lowest BCUT2D eigenvalue weighted by Gasteiger charge is -2.09. The van der Waals surface area contributed by atoms with Crippen molar-refractivity contribution in [2.24, 2.45) is 5.73 Å². The van der Waals surface area contributed by atoms with E-state index in [-0.39, 0.29) is 11.9 Å². The van der Waals surface area contributed by atoms with Crippen LogP contribution in [0.1, 0.15) is 38.3 Å². The van der Waals surface area contributed by atoms with Gasteiger partial charge in [-0.05, 0) is 31.0 Å². The molecule has 0 spiro atoms. The Bertz CT molecular complexity index is 312. The Kier molecular flexibility index (Phi) is 4.56. The van der Waals surface area contributed by atoms with Crippen LogP contribution in [0.4, 0.5) is 4.39 Å². The van der Waals surface area contributed by atoms with E-state index < -0.39 is 0 Å². The number of nitrogens with two attached hydrogens (primary N) is 1. The summed E-state index contributed by atoms with van der Waals surface area (Å²) < 4.78 is 18.8. The maximum atomic E-state index is 13.5. The normalized spacial score (nSPS) is 12.5. The van der Waals surface area contributed by atoms with E-state index in [0.29, 0.717) is 12.4 Å². The number of benzene rings is 1. The molecular weight excluding hydrogens is 193 g/mol. The van der Waals surface area contributed by atoms with Crippen molar-refractivity contribution in [3.05, 3.63) is 29.6 Å². The van der Waals surface area contributed by atoms with Crippen LogP contribution in [-0.2, 0) is 0 Å². The molecule has 84 valence electrons. The number of hydrogen-bond donors (Lipinski definition) is 1. The zero-order valence-corrected chi connectivity index (χ0v) is 9.29. The SMILES string of the molecule is CCCCOc1ccc(C(C)N)cc1F. The fourth-order valence-electron chi connectivity index (χ4n) is 1.24. The van der Waals surface area contributed by atoms with Gasteiger partial charge in [-0.2, -0.15) is 0 Å². The van der Waals surface area contributed by atoms with Crippen molar-refractivity contribution in [1.29, 1.82) is 0 Å². The number of ether oxygens (including phenoxy) is 1. The first-order valence-electron chi connectivity index (χ1n) is 5.33. The standard InChI is InChI=1S/C12H18FNO/c1-3-4-7-15-12-6-5-10(9(2)14)8-11(12)13/h5-6,8-9H,3-4,7,14H2,1-2H3.